The Hall–Kier alpha value is -2.29. The van der Waals surface area contributed by atoms with Gasteiger partial charge in [-0.2, -0.15) is 0 Å². The van der Waals surface area contributed by atoms with Crippen LogP contribution in [0, 0.1) is 0 Å². The molecule has 2 nitrogen and oxygen atoms in total. The number of benzene rings is 2. The Kier molecular flexibility index (Phi) is 5.83. The van der Waals surface area contributed by atoms with Gasteiger partial charge in [-0.3, -0.25) is 14.2 Å². The zero-order valence-electron chi connectivity index (χ0n) is 11.8. The van der Waals surface area contributed by atoms with E-state index in [-0.39, 0.29) is 18.9 Å². The number of halogens is 1. The molecule has 0 bridgehead atoms. The van der Waals surface area contributed by atoms with Gasteiger partial charge in [0.1, 0.15) is 0 Å². The van der Waals surface area contributed by atoms with Gasteiger partial charge in [-0.25, -0.2) is 0 Å². The minimum atomic E-state index is -0.290. The molecule has 2 rings (SSSR count). The van der Waals surface area contributed by atoms with E-state index >= 15 is 0 Å². The molecule has 0 atom stereocenters. The van der Waals surface area contributed by atoms with Gasteiger partial charge in [-0.05, 0) is 30.5 Å². The van der Waals surface area contributed by atoms with Crippen LogP contribution in [-0.4, -0.2) is 18.7 Å². The zero-order valence-corrected chi connectivity index (χ0v) is 11.8. The molecular formula is C18H18FNO. The van der Waals surface area contributed by atoms with Crippen molar-refractivity contribution in [3.05, 3.63) is 65.7 Å². The van der Waals surface area contributed by atoms with Crippen molar-refractivity contribution in [3.8, 4) is 0 Å². The second kappa shape index (κ2) is 8.10. The smallest absolute Gasteiger partial charge is 0.168 e. The number of rotatable bonds is 7. The van der Waals surface area contributed by atoms with Gasteiger partial charge in [0.25, 0.3) is 0 Å². The van der Waals surface area contributed by atoms with Crippen molar-refractivity contribution in [2.75, 3.05) is 6.67 Å². The first-order valence-corrected chi connectivity index (χ1v) is 7.05. The number of hydrogen-bond acceptors (Lipinski definition) is 2. The molecule has 0 aliphatic carbocycles. The predicted molar refractivity (Wildman–Crippen MR) is 84.3 cm³/mol. The van der Waals surface area contributed by atoms with Gasteiger partial charge in [0.2, 0.25) is 0 Å². The summed E-state index contributed by atoms with van der Waals surface area (Å²) in [5.74, 6) is 0.0546. The Labute approximate surface area is 124 Å². The molecule has 0 unspecified atom stereocenters. The molecule has 0 N–H and O–H groups in total. The van der Waals surface area contributed by atoms with Crippen molar-refractivity contribution in [3.63, 3.8) is 0 Å². The summed E-state index contributed by atoms with van der Waals surface area (Å²) in [7, 11) is 0. The van der Waals surface area contributed by atoms with E-state index in [0.717, 1.165) is 17.7 Å². The van der Waals surface area contributed by atoms with Crippen LogP contribution < -0.4 is 0 Å². The van der Waals surface area contributed by atoms with Crippen LogP contribution in [0.2, 0.25) is 0 Å². The molecule has 2 aromatic rings. The van der Waals surface area contributed by atoms with Gasteiger partial charge in [0.05, 0.1) is 12.4 Å². The first kappa shape index (κ1) is 15.1. The van der Waals surface area contributed by atoms with Crippen LogP contribution >= 0.6 is 0 Å². The van der Waals surface area contributed by atoms with Gasteiger partial charge in [-0.1, -0.05) is 42.5 Å². The maximum absolute atomic E-state index is 12.1. The highest BCUT2D eigenvalue weighted by atomic mass is 19.1. The summed E-state index contributed by atoms with van der Waals surface area (Å²) >= 11 is 0. The lowest BCUT2D eigenvalue weighted by Gasteiger charge is -2.00. The summed E-state index contributed by atoms with van der Waals surface area (Å²) in [6.45, 7) is -0.290. The second-order valence-corrected chi connectivity index (χ2v) is 4.76. The van der Waals surface area contributed by atoms with E-state index in [9.17, 15) is 9.18 Å². The third-order valence-corrected chi connectivity index (χ3v) is 3.15. The quantitative estimate of drug-likeness (QED) is 0.541. The fraction of sp³-hybridized carbons (Fsp3) is 0.222. The minimum Gasteiger partial charge on any atom is -0.294 e. The lowest BCUT2D eigenvalue weighted by atomic mass is 10.1. The standard InChI is InChI=1S/C18H18FNO/c19-13-4-5-15-8-10-17(11-9-15)20-14-12-18(21)16-6-2-1-3-7-16/h1-3,6-11,14H,4-5,12-13H2. The molecule has 0 saturated carbocycles. The van der Waals surface area contributed by atoms with Crippen molar-refractivity contribution in [1.82, 2.24) is 0 Å². The van der Waals surface area contributed by atoms with E-state index in [0.29, 0.717) is 12.0 Å². The van der Waals surface area contributed by atoms with Crippen LogP contribution in [0.4, 0.5) is 10.1 Å². The van der Waals surface area contributed by atoms with Crippen molar-refractivity contribution in [2.45, 2.75) is 19.3 Å². The number of aliphatic imine (C=N–C) groups is 1. The molecule has 108 valence electrons. The van der Waals surface area contributed by atoms with E-state index in [4.69, 9.17) is 0 Å². The summed E-state index contributed by atoms with van der Waals surface area (Å²) in [6, 6.07) is 16.8. The molecule has 0 aliphatic rings. The summed E-state index contributed by atoms with van der Waals surface area (Å²) in [5, 5.41) is 0. The van der Waals surface area contributed by atoms with Crippen LogP contribution in [0.5, 0.6) is 0 Å². The molecule has 0 radical (unpaired) electrons. The van der Waals surface area contributed by atoms with Gasteiger partial charge in [0.15, 0.2) is 5.78 Å². The molecule has 0 saturated heterocycles. The van der Waals surface area contributed by atoms with Gasteiger partial charge >= 0.3 is 0 Å². The summed E-state index contributed by atoms with van der Waals surface area (Å²) < 4.78 is 12.1. The number of carbonyl (C=O) groups excluding carboxylic acids is 1. The topological polar surface area (TPSA) is 29.4 Å². The molecule has 0 aliphatic heterocycles. The fourth-order valence-corrected chi connectivity index (χ4v) is 2.00. The highest BCUT2D eigenvalue weighted by molar-refractivity contribution is 6.03. The number of nitrogens with zero attached hydrogens (tertiary/aromatic N) is 1. The minimum absolute atomic E-state index is 0.0546. The average Bonchev–Trinajstić information content (AvgIpc) is 2.55. The largest absolute Gasteiger partial charge is 0.294 e. The van der Waals surface area contributed by atoms with Crippen LogP contribution in [0.3, 0.4) is 0 Å². The number of alkyl halides is 1. The summed E-state index contributed by atoms with van der Waals surface area (Å²) in [6.07, 6.45) is 3.21. The fourth-order valence-electron chi connectivity index (χ4n) is 2.00. The van der Waals surface area contributed by atoms with Crippen LogP contribution in [0.1, 0.15) is 28.8 Å². The van der Waals surface area contributed by atoms with Gasteiger partial charge in [0, 0.05) is 18.2 Å². The molecule has 0 aromatic heterocycles. The number of Topliss-reactive ketones (excluding diaryl/α,β-unsaturated/α-hetero) is 1. The number of carbonyl (C=O) groups is 1. The third-order valence-electron chi connectivity index (χ3n) is 3.15. The molecule has 0 amide bonds. The monoisotopic (exact) mass is 283 g/mol. The molecule has 0 heterocycles. The lowest BCUT2D eigenvalue weighted by molar-refractivity contribution is 0.100. The lowest BCUT2D eigenvalue weighted by Crippen LogP contribution is -1.98. The normalized spacial score (nSPS) is 10.9. The summed E-state index contributed by atoms with van der Waals surface area (Å²) in [5.41, 5.74) is 2.61. The second-order valence-electron chi connectivity index (χ2n) is 4.76. The highest BCUT2D eigenvalue weighted by Crippen LogP contribution is 2.14. The van der Waals surface area contributed by atoms with E-state index in [1.165, 1.54) is 0 Å². The van der Waals surface area contributed by atoms with E-state index in [1.54, 1.807) is 18.3 Å². The maximum atomic E-state index is 12.1. The Morgan fingerprint density at radius 1 is 1.05 bits per heavy atom. The molecule has 21 heavy (non-hydrogen) atoms. The van der Waals surface area contributed by atoms with Crippen molar-refractivity contribution in [1.29, 1.82) is 0 Å². The average molecular weight is 283 g/mol. The SMILES string of the molecule is O=C(CC=Nc1ccc(CCCF)cc1)c1ccccc1. The van der Waals surface area contributed by atoms with E-state index < -0.39 is 0 Å². The van der Waals surface area contributed by atoms with Crippen LogP contribution in [-0.2, 0) is 6.42 Å². The molecule has 0 spiro atoms. The van der Waals surface area contributed by atoms with E-state index in [1.807, 2.05) is 42.5 Å². The molecule has 0 fully saturated rings. The number of hydrogen-bond donors (Lipinski definition) is 0. The van der Waals surface area contributed by atoms with Crippen molar-refractivity contribution in [2.24, 2.45) is 4.99 Å². The number of aryl methyl sites for hydroxylation is 1. The molecule has 2 aromatic carbocycles. The van der Waals surface area contributed by atoms with Gasteiger partial charge < -0.3 is 0 Å². The Morgan fingerprint density at radius 2 is 1.76 bits per heavy atom. The van der Waals surface area contributed by atoms with Gasteiger partial charge in [-0.15, -0.1) is 0 Å². The Balaban J connectivity index is 1.88. The first-order valence-electron chi connectivity index (χ1n) is 7.05. The molecule has 3 heteroatoms. The van der Waals surface area contributed by atoms with Crippen molar-refractivity contribution < 1.29 is 9.18 Å². The van der Waals surface area contributed by atoms with Crippen LogP contribution in [0.25, 0.3) is 0 Å². The zero-order chi connectivity index (χ0) is 14.9. The predicted octanol–water partition coefficient (Wildman–Crippen LogP) is 4.56. The Morgan fingerprint density at radius 3 is 2.43 bits per heavy atom. The molecular weight excluding hydrogens is 265 g/mol. The highest BCUT2D eigenvalue weighted by Gasteiger charge is 2.02. The summed E-state index contributed by atoms with van der Waals surface area (Å²) in [4.78, 5) is 16.2. The van der Waals surface area contributed by atoms with Crippen molar-refractivity contribution >= 4 is 17.7 Å². The maximum Gasteiger partial charge on any atom is 0.168 e. The third kappa shape index (κ3) is 4.95. The first-order chi connectivity index (χ1) is 10.3. The van der Waals surface area contributed by atoms with Crippen LogP contribution in [0.15, 0.2) is 59.6 Å². The number of ketones is 1. The Bertz CT molecular complexity index is 590. The van der Waals surface area contributed by atoms with E-state index in [2.05, 4.69) is 4.99 Å².